The lowest BCUT2D eigenvalue weighted by atomic mass is 9.82. The Morgan fingerprint density at radius 3 is 2.60 bits per heavy atom. The molecule has 2 atom stereocenters. The van der Waals surface area contributed by atoms with Crippen molar-refractivity contribution in [3.05, 3.63) is 0 Å². The molecule has 0 aromatic rings. The lowest BCUT2D eigenvalue weighted by Gasteiger charge is -2.35. The maximum atomic E-state index is 9.57. The first-order valence-corrected chi connectivity index (χ1v) is 3.79. The molecular weight excluding hydrogens is 130 g/mol. The summed E-state index contributed by atoms with van der Waals surface area (Å²) in [6, 6.07) is 0. The Morgan fingerprint density at radius 2 is 2.20 bits per heavy atom. The monoisotopic (exact) mass is 145 g/mol. The largest absolute Gasteiger partial charge is 0.390 e. The van der Waals surface area contributed by atoms with Crippen LogP contribution in [0.3, 0.4) is 0 Å². The van der Waals surface area contributed by atoms with Crippen LogP contribution in [0.1, 0.15) is 25.7 Å². The van der Waals surface area contributed by atoms with Crippen LogP contribution in [0.4, 0.5) is 0 Å². The molecule has 0 heterocycles. The number of nitrogens with two attached hydrogens (primary N) is 1. The first-order valence-electron chi connectivity index (χ1n) is 3.79. The van der Waals surface area contributed by atoms with Gasteiger partial charge in [0.05, 0.1) is 6.10 Å². The highest BCUT2D eigenvalue weighted by molar-refractivity contribution is 4.90. The minimum absolute atomic E-state index is 0.175. The molecule has 60 valence electrons. The summed E-state index contributed by atoms with van der Waals surface area (Å²) in [4.78, 5) is 0. The molecule has 1 aliphatic carbocycles. The molecule has 1 aliphatic rings. The molecule has 1 fully saturated rings. The normalized spacial score (nSPS) is 41.7. The summed E-state index contributed by atoms with van der Waals surface area (Å²) in [6.45, 7) is 0.175. The Balaban J connectivity index is 2.54. The van der Waals surface area contributed by atoms with E-state index in [1.165, 1.54) is 0 Å². The molecule has 0 amide bonds. The Kier molecular flexibility index (Phi) is 2.28. The van der Waals surface area contributed by atoms with E-state index in [9.17, 15) is 10.2 Å². The van der Waals surface area contributed by atoms with Gasteiger partial charge in [-0.3, -0.25) is 0 Å². The molecule has 10 heavy (non-hydrogen) atoms. The average molecular weight is 145 g/mol. The summed E-state index contributed by atoms with van der Waals surface area (Å²) in [5, 5.41) is 18.9. The standard InChI is InChI=1S/C7H15NO2/c8-5-7(10)4-2-1-3-6(7)9/h6,9-10H,1-5,8H2/t6-,7+/m0/s1. The first-order chi connectivity index (χ1) is 4.69. The van der Waals surface area contributed by atoms with Gasteiger partial charge in [0.15, 0.2) is 0 Å². The fourth-order valence-corrected chi connectivity index (χ4v) is 1.44. The molecule has 0 unspecified atom stereocenters. The summed E-state index contributed by atoms with van der Waals surface area (Å²) in [7, 11) is 0. The van der Waals surface area contributed by atoms with Crippen LogP contribution >= 0.6 is 0 Å². The quantitative estimate of drug-likeness (QED) is 0.471. The SMILES string of the molecule is NC[C@]1(O)CCCC[C@@H]1O. The second kappa shape index (κ2) is 2.86. The molecule has 3 nitrogen and oxygen atoms in total. The van der Waals surface area contributed by atoms with E-state index >= 15 is 0 Å². The molecule has 4 N–H and O–H groups in total. The van der Waals surface area contributed by atoms with Crippen molar-refractivity contribution in [2.24, 2.45) is 5.73 Å². The van der Waals surface area contributed by atoms with E-state index in [4.69, 9.17) is 5.73 Å². The third-order valence-electron chi connectivity index (χ3n) is 2.31. The number of rotatable bonds is 1. The maximum Gasteiger partial charge on any atom is 0.103 e. The van der Waals surface area contributed by atoms with Crippen LogP contribution in [0, 0.1) is 0 Å². The minimum atomic E-state index is -0.988. The van der Waals surface area contributed by atoms with Gasteiger partial charge in [0.1, 0.15) is 5.60 Å². The van der Waals surface area contributed by atoms with Gasteiger partial charge in [-0.25, -0.2) is 0 Å². The fraction of sp³-hybridized carbons (Fsp3) is 1.00. The van der Waals surface area contributed by atoms with Crippen molar-refractivity contribution in [3.63, 3.8) is 0 Å². The number of hydrogen-bond acceptors (Lipinski definition) is 3. The number of aliphatic hydroxyl groups is 2. The molecule has 3 heteroatoms. The first kappa shape index (κ1) is 7.98. The average Bonchev–Trinajstić information content (AvgIpc) is 1.96. The maximum absolute atomic E-state index is 9.57. The lowest BCUT2D eigenvalue weighted by Crippen LogP contribution is -2.50. The van der Waals surface area contributed by atoms with Crippen LogP contribution in [0.25, 0.3) is 0 Å². The van der Waals surface area contributed by atoms with E-state index in [2.05, 4.69) is 0 Å². The second-order valence-electron chi connectivity index (χ2n) is 3.07. The zero-order valence-electron chi connectivity index (χ0n) is 6.08. The van der Waals surface area contributed by atoms with Gasteiger partial charge in [-0.05, 0) is 12.8 Å². The molecule has 0 aromatic heterocycles. The van der Waals surface area contributed by atoms with Gasteiger partial charge in [-0.1, -0.05) is 12.8 Å². The Hall–Kier alpha value is -0.120. The Bertz CT molecular complexity index is 118. The highest BCUT2D eigenvalue weighted by Crippen LogP contribution is 2.27. The third-order valence-corrected chi connectivity index (χ3v) is 2.31. The molecule has 0 aromatic carbocycles. The molecule has 0 bridgehead atoms. The van der Waals surface area contributed by atoms with Crippen LogP contribution in [-0.2, 0) is 0 Å². The number of aliphatic hydroxyl groups excluding tert-OH is 1. The minimum Gasteiger partial charge on any atom is -0.390 e. The van der Waals surface area contributed by atoms with E-state index in [1.54, 1.807) is 0 Å². The van der Waals surface area contributed by atoms with Gasteiger partial charge in [0.25, 0.3) is 0 Å². The molecule has 0 spiro atoms. The van der Waals surface area contributed by atoms with Gasteiger partial charge < -0.3 is 15.9 Å². The molecule has 0 radical (unpaired) electrons. The fourth-order valence-electron chi connectivity index (χ4n) is 1.44. The zero-order chi connectivity index (χ0) is 7.61. The summed E-state index contributed by atoms with van der Waals surface area (Å²) < 4.78 is 0. The zero-order valence-corrected chi connectivity index (χ0v) is 6.08. The van der Waals surface area contributed by atoms with Crippen molar-refractivity contribution >= 4 is 0 Å². The highest BCUT2D eigenvalue weighted by atomic mass is 16.3. The summed E-state index contributed by atoms with van der Waals surface area (Å²) in [5.74, 6) is 0. The lowest BCUT2D eigenvalue weighted by molar-refractivity contribution is -0.0925. The Labute approximate surface area is 60.9 Å². The van der Waals surface area contributed by atoms with Crippen molar-refractivity contribution in [2.75, 3.05) is 6.54 Å². The highest BCUT2D eigenvalue weighted by Gasteiger charge is 2.36. The summed E-state index contributed by atoms with van der Waals surface area (Å²) in [6.07, 6.45) is 2.71. The second-order valence-corrected chi connectivity index (χ2v) is 3.07. The van der Waals surface area contributed by atoms with Gasteiger partial charge in [-0.15, -0.1) is 0 Å². The topological polar surface area (TPSA) is 66.5 Å². The summed E-state index contributed by atoms with van der Waals surface area (Å²) in [5.41, 5.74) is 4.33. The molecule has 0 saturated heterocycles. The van der Waals surface area contributed by atoms with Crippen LogP contribution < -0.4 is 5.73 Å². The van der Waals surface area contributed by atoms with Gasteiger partial charge >= 0.3 is 0 Å². The van der Waals surface area contributed by atoms with Crippen molar-refractivity contribution in [1.29, 1.82) is 0 Å². The van der Waals surface area contributed by atoms with Crippen LogP contribution in [0.15, 0.2) is 0 Å². The molecule has 0 aliphatic heterocycles. The predicted octanol–water partition coefficient (Wildman–Crippen LogP) is -0.389. The molecule has 1 saturated carbocycles. The van der Waals surface area contributed by atoms with Crippen molar-refractivity contribution in [3.8, 4) is 0 Å². The van der Waals surface area contributed by atoms with E-state index in [0.29, 0.717) is 12.8 Å². The van der Waals surface area contributed by atoms with Crippen molar-refractivity contribution in [1.82, 2.24) is 0 Å². The Morgan fingerprint density at radius 1 is 1.50 bits per heavy atom. The summed E-state index contributed by atoms with van der Waals surface area (Å²) >= 11 is 0. The van der Waals surface area contributed by atoms with E-state index in [0.717, 1.165) is 12.8 Å². The molecular formula is C7H15NO2. The van der Waals surface area contributed by atoms with E-state index in [1.807, 2.05) is 0 Å². The third kappa shape index (κ3) is 1.31. The van der Waals surface area contributed by atoms with Gasteiger partial charge in [-0.2, -0.15) is 0 Å². The predicted molar refractivity (Wildman–Crippen MR) is 38.5 cm³/mol. The van der Waals surface area contributed by atoms with Crippen LogP contribution in [-0.4, -0.2) is 28.5 Å². The van der Waals surface area contributed by atoms with Crippen LogP contribution in [0.2, 0.25) is 0 Å². The van der Waals surface area contributed by atoms with Crippen molar-refractivity contribution < 1.29 is 10.2 Å². The van der Waals surface area contributed by atoms with E-state index in [-0.39, 0.29) is 6.54 Å². The number of hydrogen-bond donors (Lipinski definition) is 3. The molecule has 1 rings (SSSR count). The van der Waals surface area contributed by atoms with E-state index < -0.39 is 11.7 Å². The van der Waals surface area contributed by atoms with Gasteiger partial charge in [0.2, 0.25) is 0 Å². The van der Waals surface area contributed by atoms with Crippen molar-refractivity contribution in [2.45, 2.75) is 37.4 Å². The van der Waals surface area contributed by atoms with Gasteiger partial charge in [0, 0.05) is 6.54 Å². The van der Waals surface area contributed by atoms with Crippen LogP contribution in [0.5, 0.6) is 0 Å². The smallest absolute Gasteiger partial charge is 0.103 e.